The zero-order valence-electron chi connectivity index (χ0n) is 14.0. The van der Waals surface area contributed by atoms with Crippen molar-refractivity contribution in [3.05, 3.63) is 46.0 Å². The molecule has 0 unspecified atom stereocenters. The molecule has 3 aromatic rings. The first-order chi connectivity index (χ1) is 12.5. The number of imidazole rings is 1. The summed E-state index contributed by atoms with van der Waals surface area (Å²) in [5.74, 6) is 1.95. The molecular weight excluding hydrogens is 356 g/mol. The van der Waals surface area contributed by atoms with Gasteiger partial charge in [0.1, 0.15) is 5.76 Å². The Morgan fingerprint density at radius 1 is 1.19 bits per heavy atom. The van der Waals surface area contributed by atoms with E-state index in [4.69, 9.17) is 4.42 Å². The van der Waals surface area contributed by atoms with E-state index in [1.165, 1.54) is 22.9 Å². The molecule has 1 saturated carbocycles. The maximum Gasteiger partial charge on any atom is 0.323 e. The fourth-order valence-electron chi connectivity index (χ4n) is 3.55. The van der Waals surface area contributed by atoms with Crippen LogP contribution in [0, 0.1) is 0 Å². The van der Waals surface area contributed by atoms with E-state index in [1.807, 2.05) is 0 Å². The van der Waals surface area contributed by atoms with E-state index in [1.54, 1.807) is 6.07 Å². The van der Waals surface area contributed by atoms with Gasteiger partial charge < -0.3 is 14.4 Å². The molecule has 26 heavy (non-hydrogen) atoms. The Morgan fingerprint density at radius 2 is 2.00 bits per heavy atom. The van der Waals surface area contributed by atoms with Crippen LogP contribution in [0.3, 0.4) is 0 Å². The monoisotopic (exact) mass is 374 g/mol. The smallest absolute Gasteiger partial charge is 0.323 e. The highest BCUT2D eigenvalue weighted by Crippen LogP contribution is 2.37. The number of H-pyrrole nitrogens is 2. The number of hydrogen-bond acceptors (Lipinski definition) is 5. The van der Waals surface area contributed by atoms with Crippen LogP contribution < -0.4 is 5.69 Å². The van der Waals surface area contributed by atoms with Crippen LogP contribution >= 0.6 is 0 Å². The van der Waals surface area contributed by atoms with Gasteiger partial charge in [0.25, 0.3) is 0 Å². The molecule has 0 atom stereocenters. The summed E-state index contributed by atoms with van der Waals surface area (Å²) in [4.78, 5) is 21.3. The molecule has 3 heterocycles. The van der Waals surface area contributed by atoms with E-state index < -0.39 is 10.0 Å². The molecular formula is C17H18N4O4S. The van der Waals surface area contributed by atoms with Crippen molar-refractivity contribution in [2.45, 2.75) is 43.0 Å². The van der Waals surface area contributed by atoms with Gasteiger partial charge >= 0.3 is 5.69 Å². The fraction of sp³-hybridized carbons (Fsp3) is 0.412. The largest absolute Gasteiger partial charge is 0.445 e. The summed E-state index contributed by atoms with van der Waals surface area (Å²) in [5, 5.41) is 0. The SMILES string of the molecule is O=c1[nH]c2ccc(S(=O)(=O)N3CCc4oc(C5CCC5)nc4C3)cc2[nH]1. The number of aromatic nitrogens is 3. The molecule has 5 rings (SSSR count). The molecule has 1 aliphatic heterocycles. The van der Waals surface area contributed by atoms with Gasteiger partial charge in [0.15, 0.2) is 5.89 Å². The number of nitrogens with zero attached hydrogens (tertiary/aromatic N) is 2. The van der Waals surface area contributed by atoms with E-state index in [0.29, 0.717) is 29.9 Å². The second kappa shape index (κ2) is 5.55. The Hall–Kier alpha value is -2.39. The van der Waals surface area contributed by atoms with Crippen molar-refractivity contribution < 1.29 is 12.8 Å². The highest BCUT2D eigenvalue weighted by molar-refractivity contribution is 7.89. The maximum atomic E-state index is 13.0. The molecule has 2 aliphatic rings. The normalized spacial score (nSPS) is 18.8. The number of fused-ring (bicyclic) bond motifs is 2. The van der Waals surface area contributed by atoms with E-state index in [-0.39, 0.29) is 17.1 Å². The molecule has 136 valence electrons. The van der Waals surface area contributed by atoms with Crippen LogP contribution in [0.25, 0.3) is 11.0 Å². The molecule has 1 aromatic carbocycles. The lowest BCUT2D eigenvalue weighted by Crippen LogP contribution is -2.35. The molecule has 0 spiro atoms. The lowest BCUT2D eigenvalue weighted by Gasteiger charge is -2.24. The summed E-state index contributed by atoms with van der Waals surface area (Å²) in [5.41, 5.74) is 1.42. The van der Waals surface area contributed by atoms with E-state index in [9.17, 15) is 13.2 Å². The Morgan fingerprint density at radius 3 is 2.77 bits per heavy atom. The average Bonchev–Trinajstić information content (AvgIpc) is 3.13. The molecule has 2 aromatic heterocycles. The van der Waals surface area contributed by atoms with Gasteiger partial charge in [-0.05, 0) is 31.0 Å². The minimum atomic E-state index is -3.67. The van der Waals surface area contributed by atoms with Gasteiger partial charge in [-0.3, -0.25) is 0 Å². The number of hydrogen-bond donors (Lipinski definition) is 2. The van der Waals surface area contributed by atoms with Gasteiger partial charge in [-0.15, -0.1) is 0 Å². The third-order valence-electron chi connectivity index (χ3n) is 5.29. The Kier molecular flexibility index (Phi) is 3.38. The molecule has 9 heteroatoms. The number of oxazole rings is 1. The summed E-state index contributed by atoms with van der Waals surface area (Å²) >= 11 is 0. The van der Waals surface area contributed by atoms with Crippen LogP contribution in [0.2, 0.25) is 0 Å². The van der Waals surface area contributed by atoms with Gasteiger partial charge in [-0.1, -0.05) is 6.42 Å². The van der Waals surface area contributed by atoms with Crippen molar-refractivity contribution in [1.82, 2.24) is 19.3 Å². The van der Waals surface area contributed by atoms with E-state index >= 15 is 0 Å². The molecule has 2 N–H and O–H groups in total. The van der Waals surface area contributed by atoms with Crippen LogP contribution in [-0.2, 0) is 23.0 Å². The summed E-state index contributed by atoms with van der Waals surface area (Å²) in [6, 6.07) is 4.60. The fourth-order valence-corrected chi connectivity index (χ4v) is 4.98. The summed E-state index contributed by atoms with van der Waals surface area (Å²) < 4.78 is 33.3. The third-order valence-corrected chi connectivity index (χ3v) is 7.13. The van der Waals surface area contributed by atoms with Crippen molar-refractivity contribution in [2.24, 2.45) is 0 Å². The lowest BCUT2D eigenvalue weighted by atomic mass is 9.85. The number of nitrogens with one attached hydrogen (secondary N) is 2. The molecule has 0 amide bonds. The van der Waals surface area contributed by atoms with Gasteiger partial charge in [0, 0.05) is 18.9 Å². The number of benzene rings is 1. The predicted octanol–water partition coefficient (Wildman–Crippen LogP) is 1.86. The Balaban J connectivity index is 1.46. The zero-order chi connectivity index (χ0) is 17.9. The Labute approximate surface area is 149 Å². The molecule has 1 aliphatic carbocycles. The first-order valence-electron chi connectivity index (χ1n) is 8.71. The quantitative estimate of drug-likeness (QED) is 0.727. The Bertz CT molecular complexity index is 1150. The average molecular weight is 374 g/mol. The van der Waals surface area contributed by atoms with Crippen molar-refractivity contribution in [3.8, 4) is 0 Å². The van der Waals surface area contributed by atoms with Crippen molar-refractivity contribution >= 4 is 21.1 Å². The second-order valence-electron chi connectivity index (χ2n) is 6.92. The van der Waals surface area contributed by atoms with E-state index in [2.05, 4.69) is 15.0 Å². The molecule has 1 fully saturated rings. The van der Waals surface area contributed by atoms with Crippen LogP contribution in [0.15, 0.2) is 32.3 Å². The first kappa shape index (κ1) is 15.8. The summed E-state index contributed by atoms with van der Waals surface area (Å²) in [6.07, 6.45) is 3.91. The lowest BCUT2D eigenvalue weighted by molar-refractivity contribution is 0.314. The minimum absolute atomic E-state index is 0.159. The highest BCUT2D eigenvalue weighted by Gasteiger charge is 2.33. The van der Waals surface area contributed by atoms with E-state index in [0.717, 1.165) is 30.2 Å². The molecule has 0 saturated heterocycles. The molecule has 0 bridgehead atoms. The molecule has 8 nitrogen and oxygen atoms in total. The van der Waals surface area contributed by atoms with Crippen LogP contribution in [0.5, 0.6) is 0 Å². The van der Waals surface area contributed by atoms with Crippen molar-refractivity contribution in [2.75, 3.05) is 6.54 Å². The first-order valence-corrected chi connectivity index (χ1v) is 10.2. The van der Waals surface area contributed by atoms with Gasteiger partial charge in [0.05, 0.1) is 28.2 Å². The maximum absolute atomic E-state index is 13.0. The number of rotatable bonds is 3. The second-order valence-corrected chi connectivity index (χ2v) is 8.86. The van der Waals surface area contributed by atoms with Gasteiger partial charge in [-0.2, -0.15) is 4.31 Å². The van der Waals surface area contributed by atoms with Crippen LogP contribution in [0.1, 0.15) is 42.5 Å². The zero-order valence-corrected chi connectivity index (χ0v) is 14.8. The third kappa shape index (κ3) is 2.42. The standard InChI is InChI=1S/C17H18N4O4S/c22-17-19-12-5-4-11(8-13(12)20-17)26(23,24)21-7-6-15-14(9-21)18-16(25-15)10-2-1-3-10/h4-5,8,10H,1-3,6-7,9H2,(H2,19,20,22). The van der Waals surface area contributed by atoms with Crippen LogP contribution in [-0.4, -0.2) is 34.2 Å². The van der Waals surface area contributed by atoms with Crippen molar-refractivity contribution in [1.29, 1.82) is 0 Å². The minimum Gasteiger partial charge on any atom is -0.445 e. The number of aromatic amines is 2. The van der Waals surface area contributed by atoms with Crippen LogP contribution in [0.4, 0.5) is 0 Å². The van der Waals surface area contributed by atoms with Crippen molar-refractivity contribution in [3.63, 3.8) is 0 Å². The predicted molar refractivity (Wildman–Crippen MR) is 93.3 cm³/mol. The summed E-state index contributed by atoms with van der Waals surface area (Å²) in [6.45, 7) is 0.575. The topological polar surface area (TPSA) is 112 Å². The number of sulfonamides is 1. The highest BCUT2D eigenvalue weighted by atomic mass is 32.2. The van der Waals surface area contributed by atoms with Gasteiger partial charge in [-0.25, -0.2) is 18.2 Å². The molecule has 0 radical (unpaired) electrons. The van der Waals surface area contributed by atoms with Gasteiger partial charge in [0.2, 0.25) is 10.0 Å². The summed E-state index contributed by atoms with van der Waals surface area (Å²) in [7, 11) is -3.67.